The predicted octanol–water partition coefficient (Wildman–Crippen LogP) is 3.23. The van der Waals surface area contributed by atoms with Crippen molar-refractivity contribution in [3.8, 4) is 0 Å². The molecule has 0 N–H and O–H groups in total. The summed E-state index contributed by atoms with van der Waals surface area (Å²) in [6, 6.07) is 10.2. The Balaban J connectivity index is 2.51. The van der Waals surface area contributed by atoms with E-state index < -0.39 is 0 Å². The highest BCUT2D eigenvalue weighted by Gasteiger charge is 2.10. The zero-order chi connectivity index (χ0) is 10.5. The highest BCUT2D eigenvalue weighted by atomic mass is 16.3. The molecule has 76 valence electrons. The van der Waals surface area contributed by atoms with E-state index in [4.69, 9.17) is 4.42 Å². The molecule has 3 nitrogen and oxygen atoms in total. The molecule has 0 aliphatic heterocycles. The number of fused-ring (bicyclic) bond motifs is 6. The van der Waals surface area contributed by atoms with E-state index >= 15 is 0 Å². The second-order valence-corrected chi connectivity index (χ2v) is 3.80. The van der Waals surface area contributed by atoms with Gasteiger partial charge >= 0.3 is 0 Å². The van der Waals surface area contributed by atoms with Crippen LogP contribution in [0.2, 0.25) is 0 Å². The molecule has 16 heavy (non-hydrogen) atoms. The number of nitrogens with zero attached hydrogens (tertiary/aromatic N) is 2. The molecule has 0 aliphatic rings. The summed E-state index contributed by atoms with van der Waals surface area (Å²) in [5.74, 6) is 0. The number of hydrogen-bond donors (Lipinski definition) is 0. The summed E-state index contributed by atoms with van der Waals surface area (Å²) < 4.78 is 7.65. The molecular formula is C13H8N2O. The zero-order valence-corrected chi connectivity index (χ0v) is 8.42. The quantitative estimate of drug-likeness (QED) is 0.444. The van der Waals surface area contributed by atoms with Gasteiger partial charge in [-0.05, 0) is 18.2 Å². The Bertz CT molecular complexity index is 741. The van der Waals surface area contributed by atoms with E-state index in [0.29, 0.717) is 0 Å². The maximum absolute atomic E-state index is 5.56. The van der Waals surface area contributed by atoms with Gasteiger partial charge in [0.15, 0.2) is 0 Å². The minimum atomic E-state index is 0.911. The number of imidazole rings is 1. The van der Waals surface area contributed by atoms with Crippen molar-refractivity contribution in [2.24, 2.45) is 0 Å². The van der Waals surface area contributed by atoms with E-state index in [0.717, 1.165) is 27.5 Å². The van der Waals surface area contributed by atoms with Crippen molar-refractivity contribution in [1.29, 1.82) is 0 Å². The third-order valence-corrected chi connectivity index (χ3v) is 2.96. The number of pyridine rings is 1. The SMILES string of the molecule is c1ccc2c(c1)c1occc1c1nccn21. The van der Waals surface area contributed by atoms with E-state index in [1.54, 1.807) is 6.26 Å². The first-order valence-corrected chi connectivity index (χ1v) is 5.16. The summed E-state index contributed by atoms with van der Waals surface area (Å²) in [5, 5.41) is 2.18. The summed E-state index contributed by atoms with van der Waals surface area (Å²) in [6.07, 6.45) is 5.50. The fraction of sp³-hybridized carbons (Fsp3) is 0. The third kappa shape index (κ3) is 0.810. The fourth-order valence-electron chi connectivity index (χ4n) is 2.27. The Kier molecular flexibility index (Phi) is 1.31. The molecule has 0 saturated heterocycles. The van der Waals surface area contributed by atoms with Crippen LogP contribution in [-0.4, -0.2) is 9.38 Å². The van der Waals surface area contributed by atoms with Crippen LogP contribution in [0.1, 0.15) is 0 Å². The number of benzene rings is 1. The molecule has 3 aromatic heterocycles. The lowest BCUT2D eigenvalue weighted by Gasteiger charge is -2.02. The maximum atomic E-state index is 5.56. The number of hydrogen-bond acceptors (Lipinski definition) is 2. The lowest BCUT2D eigenvalue weighted by Crippen LogP contribution is -1.87. The van der Waals surface area contributed by atoms with Gasteiger partial charge in [-0.3, -0.25) is 4.40 Å². The number of aromatic nitrogens is 2. The normalized spacial score (nSPS) is 11.8. The Morgan fingerprint density at radius 3 is 3.00 bits per heavy atom. The zero-order valence-electron chi connectivity index (χ0n) is 8.42. The second-order valence-electron chi connectivity index (χ2n) is 3.80. The largest absolute Gasteiger partial charge is 0.463 e. The van der Waals surface area contributed by atoms with Gasteiger partial charge in [0.25, 0.3) is 0 Å². The van der Waals surface area contributed by atoms with Crippen molar-refractivity contribution >= 4 is 27.5 Å². The van der Waals surface area contributed by atoms with E-state index in [1.165, 1.54) is 0 Å². The van der Waals surface area contributed by atoms with Crippen LogP contribution in [0.25, 0.3) is 27.5 Å². The van der Waals surface area contributed by atoms with Crippen LogP contribution in [0.3, 0.4) is 0 Å². The lowest BCUT2D eigenvalue weighted by molar-refractivity contribution is 0.619. The third-order valence-electron chi connectivity index (χ3n) is 2.96. The smallest absolute Gasteiger partial charge is 0.148 e. The summed E-state index contributed by atoms with van der Waals surface area (Å²) in [4.78, 5) is 4.37. The average Bonchev–Trinajstić information content (AvgIpc) is 2.98. The van der Waals surface area contributed by atoms with Crippen LogP contribution < -0.4 is 0 Å². The monoisotopic (exact) mass is 208 g/mol. The maximum Gasteiger partial charge on any atom is 0.148 e. The predicted molar refractivity (Wildman–Crippen MR) is 62.5 cm³/mol. The van der Waals surface area contributed by atoms with Crippen LogP contribution >= 0.6 is 0 Å². The fourth-order valence-corrected chi connectivity index (χ4v) is 2.27. The Morgan fingerprint density at radius 2 is 2.00 bits per heavy atom. The van der Waals surface area contributed by atoms with E-state index in [1.807, 2.05) is 30.6 Å². The molecule has 3 heteroatoms. The van der Waals surface area contributed by atoms with Gasteiger partial charge in [0.1, 0.15) is 11.2 Å². The molecule has 4 rings (SSSR count). The molecule has 0 unspecified atom stereocenters. The van der Waals surface area contributed by atoms with Crippen LogP contribution in [0, 0.1) is 0 Å². The minimum Gasteiger partial charge on any atom is -0.463 e. The first-order chi connectivity index (χ1) is 7.95. The first-order valence-electron chi connectivity index (χ1n) is 5.16. The van der Waals surface area contributed by atoms with Gasteiger partial charge in [-0.15, -0.1) is 0 Å². The summed E-state index contributed by atoms with van der Waals surface area (Å²) in [5.41, 5.74) is 2.98. The number of furan rings is 1. The molecular weight excluding hydrogens is 200 g/mol. The van der Waals surface area contributed by atoms with E-state index in [-0.39, 0.29) is 0 Å². The average molecular weight is 208 g/mol. The van der Waals surface area contributed by atoms with Gasteiger partial charge in [0.2, 0.25) is 0 Å². The van der Waals surface area contributed by atoms with Crippen molar-refractivity contribution in [3.63, 3.8) is 0 Å². The Hall–Kier alpha value is -2.29. The van der Waals surface area contributed by atoms with Crippen LogP contribution in [-0.2, 0) is 0 Å². The molecule has 0 atom stereocenters. The highest BCUT2D eigenvalue weighted by Crippen LogP contribution is 2.29. The van der Waals surface area contributed by atoms with Crippen LogP contribution in [0.5, 0.6) is 0 Å². The summed E-state index contributed by atoms with van der Waals surface area (Å²) in [6.45, 7) is 0. The molecule has 0 radical (unpaired) electrons. The molecule has 4 aromatic rings. The summed E-state index contributed by atoms with van der Waals surface area (Å²) in [7, 11) is 0. The van der Waals surface area contributed by atoms with Crippen molar-refractivity contribution in [2.75, 3.05) is 0 Å². The minimum absolute atomic E-state index is 0.911. The first kappa shape index (κ1) is 7.93. The van der Waals surface area contributed by atoms with Gasteiger partial charge in [-0.25, -0.2) is 4.98 Å². The highest BCUT2D eigenvalue weighted by molar-refractivity contribution is 6.08. The van der Waals surface area contributed by atoms with Crippen molar-refractivity contribution < 1.29 is 4.42 Å². The van der Waals surface area contributed by atoms with E-state index in [2.05, 4.69) is 21.5 Å². The van der Waals surface area contributed by atoms with Gasteiger partial charge in [0.05, 0.1) is 17.2 Å². The molecule has 0 amide bonds. The van der Waals surface area contributed by atoms with E-state index in [9.17, 15) is 0 Å². The van der Waals surface area contributed by atoms with Gasteiger partial charge in [-0.1, -0.05) is 12.1 Å². The molecule has 1 aromatic carbocycles. The van der Waals surface area contributed by atoms with Gasteiger partial charge in [-0.2, -0.15) is 0 Å². The lowest BCUT2D eigenvalue weighted by atomic mass is 10.2. The van der Waals surface area contributed by atoms with Gasteiger partial charge < -0.3 is 4.42 Å². The van der Waals surface area contributed by atoms with Crippen LogP contribution in [0.4, 0.5) is 0 Å². The molecule has 0 saturated carbocycles. The van der Waals surface area contributed by atoms with Gasteiger partial charge in [0, 0.05) is 17.8 Å². The molecule has 0 fully saturated rings. The topological polar surface area (TPSA) is 30.4 Å². The standard InChI is InChI=1S/C13H8N2O/c1-2-4-11-9(3-1)12-10(5-8-16-12)13-14-6-7-15(11)13/h1-8H. The molecule has 0 bridgehead atoms. The molecule has 0 spiro atoms. The number of rotatable bonds is 0. The molecule has 3 heterocycles. The Morgan fingerprint density at radius 1 is 1.06 bits per heavy atom. The summed E-state index contributed by atoms with van der Waals surface area (Å²) >= 11 is 0. The number of para-hydroxylation sites is 1. The van der Waals surface area contributed by atoms with Crippen molar-refractivity contribution in [1.82, 2.24) is 9.38 Å². The van der Waals surface area contributed by atoms with Crippen LogP contribution in [0.15, 0.2) is 53.4 Å². The molecule has 0 aliphatic carbocycles. The second kappa shape index (κ2) is 2.64. The van der Waals surface area contributed by atoms with Crippen molar-refractivity contribution in [3.05, 3.63) is 49.0 Å². The Labute approximate surface area is 90.9 Å². The van der Waals surface area contributed by atoms with Crippen molar-refractivity contribution in [2.45, 2.75) is 0 Å².